The molecule has 2 aromatic heterocycles. The van der Waals surface area contributed by atoms with Crippen molar-refractivity contribution in [1.82, 2.24) is 10.3 Å². The van der Waals surface area contributed by atoms with Gasteiger partial charge < -0.3 is 10.3 Å². The van der Waals surface area contributed by atoms with Gasteiger partial charge in [-0.15, -0.1) is 11.3 Å². The lowest BCUT2D eigenvalue weighted by molar-refractivity contribution is -0.121. The number of thiophene rings is 1. The van der Waals surface area contributed by atoms with Crippen molar-refractivity contribution >= 4 is 28.1 Å². The molecule has 0 aliphatic carbocycles. The van der Waals surface area contributed by atoms with Gasteiger partial charge in [0.1, 0.15) is 5.82 Å². The van der Waals surface area contributed by atoms with Crippen LogP contribution < -0.4 is 5.32 Å². The zero-order chi connectivity index (χ0) is 19.5. The van der Waals surface area contributed by atoms with Gasteiger partial charge >= 0.3 is 0 Å². The molecule has 0 bridgehead atoms. The van der Waals surface area contributed by atoms with E-state index in [9.17, 15) is 9.18 Å². The summed E-state index contributed by atoms with van der Waals surface area (Å²) in [4.78, 5) is 17.1. The molecule has 142 valence electrons. The Balaban J connectivity index is 1.56. The van der Waals surface area contributed by atoms with Crippen LogP contribution in [0.2, 0.25) is 0 Å². The number of aryl methyl sites for hydroxylation is 1. The smallest absolute Gasteiger partial charge is 0.220 e. The lowest BCUT2D eigenvalue weighted by Gasteiger charge is -2.12. The maximum absolute atomic E-state index is 13.3. The van der Waals surface area contributed by atoms with Crippen LogP contribution in [0.3, 0.4) is 0 Å². The molecule has 2 N–H and O–H groups in total. The zero-order valence-electron chi connectivity index (χ0n) is 15.5. The van der Waals surface area contributed by atoms with Gasteiger partial charge in [0.05, 0.1) is 6.04 Å². The Hall–Kier alpha value is -2.92. The first kappa shape index (κ1) is 18.4. The van der Waals surface area contributed by atoms with Gasteiger partial charge in [0.2, 0.25) is 5.91 Å². The predicted molar refractivity (Wildman–Crippen MR) is 113 cm³/mol. The van der Waals surface area contributed by atoms with E-state index in [1.165, 1.54) is 12.1 Å². The first-order valence-electron chi connectivity index (χ1n) is 9.30. The van der Waals surface area contributed by atoms with Crippen molar-refractivity contribution in [2.45, 2.75) is 25.8 Å². The molecule has 0 saturated carbocycles. The molecule has 4 rings (SSSR count). The van der Waals surface area contributed by atoms with E-state index in [1.807, 2.05) is 42.6 Å². The van der Waals surface area contributed by atoms with E-state index in [1.54, 1.807) is 23.5 Å². The lowest BCUT2D eigenvalue weighted by Crippen LogP contribution is -2.26. The number of carbonyl (C=O) groups excluding carboxylic acids is 1. The minimum absolute atomic E-state index is 0.00652. The Morgan fingerprint density at radius 2 is 1.89 bits per heavy atom. The summed E-state index contributed by atoms with van der Waals surface area (Å²) in [5, 5.41) is 6.18. The number of carbonyl (C=O) groups is 1. The first-order chi connectivity index (χ1) is 13.6. The second kappa shape index (κ2) is 7.98. The van der Waals surface area contributed by atoms with Crippen LogP contribution >= 0.6 is 11.3 Å². The molecule has 0 aliphatic heterocycles. The van der Waals surface area contributed by atoms with Crippen LogP contribution in [0.25, 0.3) is 22.2 Å². The molecule has 2 heterocycles. The van der Waals surface area contributed by atoms with E-state index >= 15 is 0 Å². The molecule has 1 amide bonds. The van der Waals surface area contributed by atoms with Crippen molar-refractivity contribution < 1.29 is 9.18 Å². The Morgan fingerprint density at radius 3 is 2.64 bits per heavy atom. The molecule has 3 nitrogen and oxygen atoms in total. The summed E-state index contributed by atoms with van der Waals surface area (Å²) < 4.78 is 13.3. The van der Waals surface area contributed by atoms with E-state index in [4.69, 9.17) is 0 Å². The quantitative estimate of drug-likeness (QED) is 0.425. The van der Waals surface area contributed by atoms with Crippen molar-refractivity contribution in [3.63, 3.8) is 0 Å². The number of aromatic amines is 1. The number of H-pyrrole nitrogens is 1. The standard InChI is InChI=1S/C23H21FN2OS/c1-15(21-7-4-14-28-21)25-22(27)13-12-19-18-5-2-3-6-20(18)26-23(19)16-8-10-17(24)11-9-16/h2-11,14-15,26H,12-13H2,1H3,(H,25,27)/t15-/m1/s1. The van der Waals surface area contributed by atoms with Crippen LogP contribution in [0.15, 0.2) is 66.0 Å². The summed E-state index contributed by atoms with van der Waals surface area (Å²) in [5.74, 6) is -0.236. The normalized spacial score (nSPS) is 12.2. The number of hydrogen-bond acceptors (Lipinski definition) is 2. The minimum Gasteiger partial charge on any atom is -0.354 e. The van der Waals surface area contributed by atoms with Crippen molar-refractivity contribution in [1.29, 1.82) is 0 Å². The molecule has 0 radical (unpaired) electrons. The summed E-state index contributed by atoms with van der Waals surface area (Å²) in [5.41, 5.74) is 3.96. The number of fused-ring (bicyclic) bond motifs is 1. The van der Waals surface area contributed by atoms with Crippen molar-refractivity contribution in [2.24, 2.45) is 0 Å². The van der Waals surface area contributed by atoms with Crippen LogP contribution in [0.5, 0.6) is 0 Å². The maximum Gasteiger partial charge on any atom is 0.220 e. The lowest BCUT2D eigenvalue weighted by atomic mass is 10.0. The van der Waals surface area contributed by atoms with E-state index in [0.717, 1.165) is 32.6 Å². The summed E-state index contributed by atoms with van der Waals surface area (Å²) >= 11 is 1.64. The van der Waals surface area contributed by atoms with Gasteiger partial charge in [-0.1, -0.05) is 24.3 Å². The summed E-state index contributed by atoms with van der Waals surface area (Å²) in [7, 11) is 0. The van der Waals surface area contributed by atoms with Crippen LogP contribution in [-0.2, 0) is 11.2 Å². The average molecular weight is 392 g/mol. The fourth-order valence-corrected chi connectivity index (χ4v) is 4.22. The third-order valence-electron chi connectivity index (χ3n) is 4.90. The van der Waals surface area contributed by atoms with Crippen molar-refractivity contribution in [2.75, 3.05) is 0 Å². The molecular weight excluding hydrogens is 371 g/mol. The largest absolute Gasteiger partial charge is 0.354 e. The Kier molecular flexibility index (Phi) is 5.26. The maximum atomic E-state index is 13.3. The number of benzene rings is 2. The molecule has 1 atom stereocenters. The molecule has 0 unspecified atom stereocenters. The second-order valence-corrected chi connectivity index (χ2v) is 7.81. The molecule has 5 heteroatoms. The Bertz CT molecular complexity index is 1080. The van der Waals surface area contributed by atoms with E-state index in [-0.39, 0.29) is 17.8 Å². The van der Waals surface area contributed by atoms with E-state index in [2.05, 4.69) is 16.4 Å². The van der Waals surface area contributed by atoms with E-state index in [0.29, 0.717) is 12.8 Å². The number of nitrogens with one attached hydrogen (secondary N) is 2. The van der Waals surface area contributed by atoms with Crippen LogP contribution in [0, 0.1) is 5.82 Å². The summed E-state index contributed by atoms with van der Waals surface area (Å²) in [6.45, 7) is 2.00. The fraction of sp³-hybridized carbons (Fsp3) is 0.174. The SMILES string of the molecule is C[C@@H](NC(=O)CCc1c(-c2ccc(F)cc2)[nH]c2ccccc12)c1cccs1. The number of rotatable bonds is 6. The first-order valence-corrected chi connectivity index (χ1v) is 10.2. The molecule has 28 heavy (non-hydrogen) atoms. The molecule has 0 spiro atoms. The molecule has 0 saturated heterocycles. The molecule has 0 aliphatic rings. The zero-order valence-corrected chi connectivity index (χ0v) is 16.4. The van der Waals surface area contributed by atoms with Gasteiger partial charge in [0.25, 0.3) is 0 Å². The third-order valence-corrected chi connectivity index (χ3v) is 5.95. The Labute approximate surface area is 167 Å². The average Bonchev–Trinajstić information content (AvgIpc) is 3.35. The van der Waals surface area contributed by atoms with Crippen LogP contribution in [0.4, 0.5) is 4.39 Å². The monoisotopic (exact) mass is 392 g/mol. The van der Waals surface area contributed by atoms with E-state index < -0.39 is 0 Å². The fourth-order valence-electron chi connectivity index (χ4n) is 3.48. The summed E-state index contributed by atoms with van der Waals surface area (Å²) in [6.07, 6.45) is 1.01. The van der Waals surface area contributed by atoms with Crippen molar-refractivity contribution in [3.8, 4) is 11.3 Å². The van der Waals surface area contributed by atoms with Gasteiger partial charge in [-0.25, -0.2) is 4.39 Å². The van der Waals surface area contributed by atoms with Gasteiger partial charge in [-0.2, -0.15) is 0 Å². The highest BCUT2D eigenvalue weighted by molar-refractivity contribution is 7.10. The predicted octanol–water partition coefficient (Wildman–Crippen LogP) is 5.85. The highest BCUT2D eigenvalue weighted by Crippen LogP contribution is 2.31. The molecular formula is C23H21FN2OS. The number of para-hydroxylation sites is 1. The van der Waals surface area contributed by atoms with Gasteiger partial charge in [0, 0.05) is 27.9 Å². The Morgan fingerprint density at radius 1 is 1.11 bits per heavy atom. The third kappa shape index (κ3) is 3.85. The number of hydrogen-bond donors (Lipinski definition) is 2. The number of amides is 1. The van der Waals surface area contributed by atoms with Crippen LogP contribution in [-0.4, -0.2) is 10.9 Å². The molecule has 2 aromatic carbocycles. The molecule has 4 aromatic rings. The van der Waals surface area contributed by atoms with Gasteiger partial charge in [-0.3, -0.25) is 4.79 Å². The van der Waals surface area contributed by atoms with Crippen molar-refractivity contribution in [3.05, 3.63) is 82.3 Å². The van der Waals surface area contributed by atoms with Crippen LogP contribution in [0.1, 0.15) is 29.8 Å². The van der Waals surface area contributed by atoms with Gasteiger partial charge in [0.15, 0.2) is 0 Å². The minimum atomic E-state index is -0.261. The number of halogens is 1. The topological polar surface area (TPSA) is 44.9 Å². The summed E-state index contributed by atoms with van der Waals surface area (Å²) in [6, 6.07) is 18.5. The molecule has 0 fully saturated rings. The van der Waals surface area contributed by atoms with Gasteiger partial charge in [-0.05, 0) is 66.2 Å². The number of aromatic nitrogens is 1. The highest BCUT2D eigenvalue weighted by atomic mass is 32.1. The highest BCUT2D eigenvalue weighted by Gasteiger charge is 2.16. The second-order valence-electron chi connectivity index (χ2n) is 6.84.